The number of methoxy groups -OCH3 is 2. The topological polar surface area (TPSA) is 89.0 Å². The summed E-state index contributed by atoms with van der Waals surface area (Å²) in [4.78, 5) is 11.6. The van der Waals surface area contributed by atoms with Gasteiger partial charge in [-0.15, -0.1) is 6.42 Å². The zero-order valence-corrected chi connectivity index (χ0v) is 21.3. The van der Waals surface area contributed by atoms with Crippen LogP contribution in [0.25, 0.3) is 32.8 Å². The first-order valence-electron chi connectivity index (χ1n) is 12.2. The Balaban J connectivity index is 1.61. The molecule has 4 aliphatic heterocycles. The molecule has 3 atom stereocenters. The minimum atomic E-state index is -0.563. The second kappa shape index (κ2) is 8.25. The van der Waals surface area contributed by atoms with Crippen LogP contribution in [0.1, 0.15) is 12.0 Å². The van der Waals surface area contributed by atoms with Gasteiger partial charge < -0.3 is 29.5 Å². The van der Waals surface area contributed by atoms with Crippen LogP contribution in [0.3, 0.4) is 0 Å². The molecule has 0 aliphatic carbocycles. The van der Waals surface area contributed by atoms with Crippen molar-refractivity contribution in [3.8, 4) is 46.7 Å². The lowest BCUT2D eigenvalue weighted by Crippen LogP contribution is -2.73. The third-order valence-electron chi connectivity index (χ3n) is 7.75. The van der Waals surface area contributed by atoms with Crippen LogP contribution in [0, 0.1) is 18.2 Å². The summed E-state index contributed by atoms with van der Waals surface area (Å²) in [5.41, 5.74) is 1.23. The van der Waals surface area contributed by atoms with Gasteiger partial charge in [0.05, 0.1) is 36.2 Å². The molecule has 3 fully saturated rings. The van der Waals surface area contributed by atoms with Gasteiger partial charge in [0, 0.05) is 29.6 Å². The summed E-state index contributed by atoms with van der Waals surface area (Å²) in [5.74, 6) is 3.19. The van der Waals surface area contributed by atoms with Crippen molar-refractivity contribution in [3.05, 3.63) is 40.7 Å². The Bertz CT molecular complexity index is 1720. The maximum atomic E-state index is 14.9. The summed E-state index contributed by atoms with van der Waals surface area (Å²) in [5, 5.41) is 16.0. The van der Waals surface area contributed by atoms with Crippen LogP contribution in [0.5, 0.6) is 23.3 Å². The molecule has 0 amide bonds. The molecule has 8 rings (SSSR count). The lowest BCUT2D eigenvalue weighted by atomic mass is 9.84. The average molecular weight is 533 g/mol. The van der Waals surface area contributed by atoms with E-state index in [2.05, 4.69) is 21.1 Å². The summed E-state index contributed by atoms with van der Waals surface area (Å²) in [6, 6.07) is 6.66. The number of nitrogens with zero attached hydrogens (tertiary/aromatic N) is 3. The Hall–Kier alpha value is -4.00. The van der Waals surface area contributed by atoms with E-state index >= 15 is 0 Å². The highest BCUT2D eigenvalue weighted by atomic mass is 35.5. The zero-order valence-electron chi connectivity index (χ0n) is 20.5. The number of aromatic hydroxyl groups is 1. The normalized spacial score (nSPS) is 21.2. The number of benzene rings is 3. The molecule has 10 heteroatoms. The Morgan fingerprint density at radius 2 is 2.05 bits per heavy atom. The molecular formula is C28H22ClFN4O4. The van der Waals surface area contributed by atoms with E-state index in [1.54, 1.807) is 6.07 Å². The number of terminal acetylenes is 1. The van der Waals surface area contributed by atoms with Crippen LogP contribution in [0.2, 0.25) is 5.02 Å². The quantitative estimate of drug-likeness (QED) is 0.378. The van der Waals surface area contributed by atoms with Crippen LogP contribution in [-0.2, 0) is 0 Å². The van der Waals surface area contributed by atoms with Gasteiger partial charge in [0.1, 0.15) is 29.5 Å². The summed E-state index contributed by atoms with van der Waals surface area (Å²) in [6.07, 6.45) is 6.80. The molecule has 3 unspecified atom stereocenters. The van der Waals surface area contributed by atoms with Crippen molar-refractivity contribution in [2.75, 3.05) is 32.3 Å². The molecule has 38 heavy (non-hydrogen) atoms. The average Bonchev–Trinajstić information content (AvgIpc) is 3.07. The number of hydrogen-bond donors (Lipinski definition) is 2. The second-order valence-electron chi connectivity index (χ2n) is 9.70. The van der Waals surface area contributed by atoms with E-state index in [9.17, 15) is 9.50 Å². The molecule has 0 spiro atoms. The Kier molecular flexibility index (Phi) is 5.02. The van der Waals surface area contributed by atoms with E-state index in [-0.39, 0.29) is 34.4 Å². The maximum absolute atomic E-state index is 14.9. The monoisotopic (exact) mass is 532 g/mol. The summed E-state index contributed by atoms with van der Waals surface area (Å²) < 4.78 is 32.7. The fourth-order valence-electron chi connectivity index (χ4n) is 6.07. The number of phenolic OH excluding ortho intramolecular Hbond substituents is 1. The van der Waals surface area contributed by atoms with Gasteiger partial charge in [-0.1, -0.05) is 23.6 Å². The summed E-state index contributed by atoms with van der Waals surface area (Å²) in [7, 11) is 3.00. The van der Waals surface area contributed by atoms with E-state index in [4.69, 9.17) is 37.2 Å². The first-order valence-corrected chi connectivity index (χ1v) is 12.5. The van der Waals surface area contributed by atoms with Crippen molar-refractivity contribution in [2.24, 2.45) is 0 Å². The molecule has 1 aromatic heterocycles. The maximum Gasteiger partial charge on any atom is 0.318 e. The molecule has 0 saturated carbocycles. The van der Waals surface area contributed by atoms with Crippen molar-refractivity contribution in [2.45, 2.75) is 24.5 Å². The van der Waals surface area contributed by atoms with E-state index in [1.807, 2.05) is 0 Å². The van der Waals surface area contributed by atoms with Gasteiger partial charge in [0.15, 0.2) is 11.5 Å². The molecular weight excluding hydrogens is 511 g/mol. The predicted octanol–water partition coefficient (Wildman–Crippen LogP) is 4.26. The van der Waals surface area contributed by atoms with E-state index in [0.29, 0.717) is 62.8 Å². The first-order chi connectivity index (χ1) is 18.4. The number of rotatable bonds is 3. The number of aromatic nitrogens is 2. The van der Waals surface area contributed by atoms with Crippen LogP contribution in [0.15, 0.2) is 24.3 Å². The zero-order chi connectivity index (χ0) is 26.3. The number of fused-ring (bicyclic) bond motifs is 1. The molecule has 5 heterocycles. The molecule has 192 valence electrons. The van der Waals surface area contributed by atoms with Crippen molar-refractivity contribution in [1.29, 1.82) is 0 Å². The Morgan fingerprint density at radius 1 is 1.24 bits per heavy atom. The lowest BCUT2D eigenvalue weighted by molar-refractivity contribution is 0.138. The lowest BCUT2D eigenvalue weighted by Gasteiger charge is -2.53. The number of hydrogen-bond acceptors (Lipinski definition) is 8. The molecule has 8 nitrogen and oxygen atoms in total. The highest BCUT2D eigenvalue weighted by Gasteiger charge is 2.47. The van der Waals surface area contributed by atoms with Crippen molar-refractivity contribution < 1.29 is 23.7 Å². The Labute approximate surface area is 222 Å². The van der Waals surface area contributed by atoms with Gasteiger partial charge in [-0.25, -0.2) is 4.39 Å². The van der Waals surface area contributed by atoms with Gasteiger partial charge in [-0.05, 0) is 35.6 Å². The van der Waals surface area contributed by atoms with Crippen LogP contribution < -0.4 is 24.4 Å². The van der Waals surface area contributed by atoms with Crippen molar-refractivity contribution in [3.63, 3.8) is 0 Å². The van der Waals surface area contributed by atoms with Gasteiger partial charge in [-0.2, -0.15) is 9.97 Å². The summed E-state index contributed by atoms with van der Waals surface area (Å²) in [6.45, 7) is 1.12. The summed E-state index contributed by atoms with van der Waals surface area (Å²) >= 11 is 7.14. The van der Waals surface area contributed by atoms with Crippen LogP contribution in [0.4, 0.5) is 10.2 Å². The molecule has 2 bridgehead atoms. The van der Waals surface area contributed by atoms with Gasteiger partial charge >= 0.3 is 6.01 Å². The van der Waals surface area contributed by atoms with E-state index in [0.717, 1.165) is 13.0 Å². The number of phenols is 1. The highest BCUT2D eigenvalue weighted by Crippen LogP contribution is 2.54. The Morgan fingerprint density at radius 3 is 2.79 bits per heavy atom. The van der Waals surface area contributed by atoms with Crippen LogP contribution >= 0.6 is 11.6 Å². The van der Waals surface area contributed by atoms with E-state index < -0.39 is 5.82 Å². The largest absolute Gasteiger partial charge is 0.508 e. The third-order valence-corrected chi connectivity index (χ3v) is 8.11. The molecule has 0 radical (unpaired) electrons. The molecule has 3 aromatic carbocycles. The third kappa shape index (κ3) is 3.08. The smallest absolute Gasteiger partial charge is 0.318 e. The fourth-order valence-corrected chi connectivity index (χ4v) is 6.41. The number of piperazine rings is 1. The second-order valence-corrected chi connectivity index (χ2v) is 10.1. The minimum absolute atomic E-state index is 0.0319. The van der Waals surface area contributed by atoms with Gasteiger partial charge in [-0.3, -0.25) is 0 Å². The molecule has 4 aliphatic rings. The first kappa shape index (κ1) is 23.1. The number of halogens is 2. The van der Waals surface area contributed by atoms with Crippen molar-refractivity contribution in [1.82, 2.24) is 15.3 Å². The predicted molar refractivity (Wildman–Crippen MR) is 142 cm³/mol. The SMILES string of the molecule is C#Cc1c(F)ccc2cc(O)cc(-c3c(Cl)c4c5c(nc(OC)nc5c3OC)N3CC5CC(N5)C3CO4)c12. The van der Waals surface area contributed by atoms with Gasteiger partial charge in [0.25, 0.3) is 0 Å². The van der Waals surface area contributed by atoms with E-state index in [1.165, 1.54) is 32.4 Å². The molecule has 4 aromatic rings. The number of piperidine rings is 1. The fraction of sp³-hybridized carbons (Fsp3) is 0.286. The van der Waals surface area contributed by atoms with Gasteiger partial charge in [0.2, 0.25) is 0 Å². The number of anilines is 1. The minimum Gasteiger partial charge on any atom is -0.508 e. The highest BCUT2D eigenvalue weighted by molar-refractivity contribution is 6.38. The van der Waals surface area contributed by atoms with Crippen molar-refractivity contribution >= 4 is 39.1 Å². The van der Waals surface area contributed by atoms with Crippen LogP contribution in [-0.4, -0.2) is 60.6 Å². The number of nitrogens with one attached hydrogen (secondary N) is 1. The number of ether oxygens (including phenoxy) is 3. The molecule has 2 N–H and O–H groups in total. The standard InChI is InChI=1S/C28H22ClFN4O4/c1-4-15-17(30)6-5-12-7-14(35)9-16(20(12)15)21-23(29)25-22-24(26(21)36-2)32-28(37-3)33-27(22)34-10-13-8-18(31-13)19(34)11-38-25/h1,5-7,9,13,18-19,31,35H,8,10-11H2,2-3H3. The molecule has 3 saturated heterocycles.